The van der Waals surface area contributed by atoms with Gasteiger partial charge in [-0.15, -0.1) is 11.3 Å². The summed E-state index contributed by atoms with van der Waals surface area (Å²) in [6.45, 7) is 0. The van der Waals surface area contributed by atoms with Gasteiger partial charge in [-0.2, -0.15) is 5.10 Å². The maximum absolute atomic E-state index is 9.62. The lowest BCUT2D eigenvalue weighted by Gasteiger charge is -1.98. The molecule has 4 nitrogen and oxygen atoms in total. The lowest BCUT2D eigenvalue weighted by molar-refractivity contribution is 0.179. The number of rotatable bonds is 1. The molecule has 0 radical (unpaired) electrons. The van der Waals surface area contributed by atoms with Crippen LogP contribution < -0.4 is 0 Å². The number of hydrogen-bond donors (Lipinski definition) is 1. The van der Waals surface area contributed by atoms with Crippen molar-refractivity contribution in [3.63, 3.8) is 0 Å². The normalized spacial score (nSPS) is 19.9. The first kappa shape index (κ1) is 8.14. The first-order chi connectivity index (χ1) is 6.86. The van der Waals surface area contributed by atoms with E-state index in [-0.39, 0.29) is 6.10 Å². The predicted octanol–water partition coefficient (Wildman–Crippen LogP) is 1.31. The zero-order valence-electron chi connectivity index (χ0n) is 7.42. The fraction of sp³-hybridized carbons (Fsp3) is 0.333. The van der Waals surface area contributed by atoms with Crippen molar-refractivity contribution in [1.29, 1.82) is 0 Å². The second-order valence-electron chi connectivity index (χ2n) is 3.33. The number of aliphatic hydroxyl groups is 1. The molecule has 0 bridgehead atoms. The van der Waals surface area contributed by atoms with Crippen LogP contribution >= 0.6 is 11.3 Å². The zero-order chi connectivity index (χ0) is 9.54. The zero-order valence-corrected chi connectivity index (χ0v) is 8.24. The van der Waals surface area contributed by atoms with Gasteiger partial charge in [0.05, 0.1) is 18.0 Å². The summed E-state index contributed by atoms with van der Waals surface area (Å²) < 4.78 is 1.83. The Kier molecular flexibility index (Phi) is 1.68. The lowest BCUT2D eigenvalue weighted by Crippen LogP contribution is -1.99. The summed E-state index contributed by atoms with van der Waals surface area (Å²) in [4.78, 5) is 4.20. The molecule has 0 amide bonds. The van der Waals surface area contributed by atoms with Gasteiger partial charge in [0, 0.05) is 17.1 Å². The predicted molar refractivity (Wildman–Crippen MR) is 52.5 cm³/mol. The SMILES string of the molecule is OC1CCc2c1cnn2-c1nccs1. The molecule has 0 aliphatic heterocycles. The molecule has 1 aliphatic rings. The Balaban J connectivity index is 2.13. The standard InChI is InChI=1S/C9H9N3OS/c13-8-2-1-7-6(8)5-11-12(7)9-10-3-4-14-9/h3-5,8,13H,1-2H2. The molecule has 0 aromatic carbocycles. The molecular weight excluding hydrogens is 198 g/mol. The third kappa shape index (κ3) is 1.03. The molecule has 5 heteroatoms. The van der Waals surface area contributed by atoms with Crippen LogP contribution in [0.5, 0.6) is 0 Å². The Morgan fingerprint density at radius 1 is 1.57 bits per heavy atom. The quantitative estimate of drug-likeness (QED) is 0.767. The third-order valence-electron chi connectivity index (χ3n) is 2.52. The summed E-state index contributed by atoms with van der Waals surface area (Å²) in [5, 5.41) is 16.7. The first-order valence-corrected chi connectivity index (χ1v) is 5.39. The van der Waals surface area contributed by atoms with Crippen LogP contribution in [0.2, 0.25) is 0 Å². The van der Waals surface area contributed by atoms with E-state index in [0.29, 0.717) is 0 Å². The van der Waals surface area contributed by atoms with Gasteiger partial charge in [0.1, 0.15) is 0 Å². The molecule has 1 aliphatic carbocycles. The third-order valence-corrected chi connectivity index (χ3v) is 3.26. The van der Waals surface area contributed by atoms with Crippen LogP contribution in [-0.4, -0.2) is 19.9 Å². The Morgan fingerprint density at radius 3 is 3.29 bits per heavy atom. The van der Waals surface area contributed by atoms with Crippen molar-refractivity contribution in [3.05, 3.63) is 29.0 Å². The smallest absolute Gasteiger partial charge is 0.210 e. The Labute approximate surface area is 84.8 Å². The largest absolute Gasteiger partial charge is 0.388 e. The number of aliphatic hydroxyl groups excluding tert-OH is 1. The van der Waals surface area contributed by atoms with Crippen molar-refractivity contribution < 1.29 is 5.11 Å². The fourth-order valence-electron chi connectivity index (χ4n) is 1.83. The van der Waals surface area contributed by atoms with E-state index in [0.717, 1.165) is 29.2 Å². The molecule has 2 aromatic heterocycles. The summed E-state index contributed by atoms with van der Waals surface area (Å²) in [6.07, 6.45) is 4.86. The molecule has 14 heavy (non-hydrogen) atoms. The molecule has 0 saturated heterocycles. The van der Waals surface area contributed by atoms with Gasteiger partial charge in [-0.25, -0.2) is 9.67 Å². The van der Waals surface area contributed by atoms with E-state index >= 15 is 0 Å². The van der Waals surface area contributed by atoms with Crippen LogP contribution in [0.1, 0.15) is 23.8 Å². The molecule has 0 spiro atoms. The average molecular weight is 207 g/mol. The van der Waals surface area contributed by atoms with Gasteiger partial charge in [-0.05, 0) is 12.8 Å². The van der Waals surface area contributed by atoms with Crippen molar-refractivity contribution in [3.8, 4) is 5.13 Å². The van der Waals surface area contributed by atoms with Crippen molar-refractivity contribution >= 4 is 11.3 Å². The molecule has 72 valence electrons. The summed E-state index contributed by atoms with van der Waals surface area (Å²) in [5.74, 6) is 0. The van der Waals surface area contributed by atoms with Crippen LogP contribution in [0.15, 0.2) is 17.8 Å². The van der Waals surface area contributed by atoms with E-state index in [1.807, 2.05) is 10.1 Å². The van der Waals surface area contributed by atoms with Crippen LogP contribution in [0.25, 0.3) is 5.13 Å². The molecule has 1 atom stereocenters. The van der Waals surface area contributed by atoms with Gasteiger partial charge in [-0.3, -0.25) is 0 Å². The average Bonchev–Trinajstić information content (AvgIpc) is 2.84. The summed E-state index contributed by atoms with van der Waals surface area (Å²) in [7, 11) is 0. The number of hydrogen-bond acceptors (Lipinski definition) is 4. The van der Waals surface area contributed by atoms with Crippen LogP contribution in [-0.2, 0) is 6.42 Å². The van der Waals surface area contributed by atoms with Gasteiger partial charge < -0.3 is 5.11 Å². The minimum absolute atomic E-state index is 0.335. The number of aromatic nitrogens is 3. The number of nitrogens with zero attached hydrogens (tertiary/aromatic N) is 3. The molecular formula is C9H9N3OS. The molecule has 0 fully saturated rings. The highest BCUT2D eigenvalue weighted by Gasteiger charge is 2.25. The molecule has 1 unspecified atom stereocenters. The molecule has 3 rings (SSSR count). The van der Waals surface area contributed by atoms with E-state index in [1.54, 1.807) is 23.7 Å². The van der Waals surface area contributed by atoms with Gasteiger partial charge in [0.15, 0.2) is 0 Å². The molecule has 1 N–H and O–H groups in total. The topological polar surface area (TPSA) is 50.9 Å². The highest BCUT2D eigenvalue weighted by molar-refractivity contribution is 7.12. The minimum Gasteiger partial charge on any atom is -0.388 e. The lowest BCUT2D eigenvalue weighted by atomic mass is 10.2. The van der Waals surface area contributed by atoms with Crippen LogP contribution in [0, 0.1) is 0 Å². The molecule has 2 aromatic rings. The Hall–Kier alpha value is -1.20. The second kappa shape index (κ2) is 2.90. The van der Waals surface area contributed by atoms with E-state index in [1.165, 1.54) is 0 Å². The van der Waals surface area contributed by atoms with Crippen LogP contribution in [0.3, 0.4) is 0 Å². The minimum atomic E-state index is -0.335. The van der Waals surface area contributed by atoms with E-state index in [2.05, 4.69) is 10.1 Å². The van der Waals surface area contributed by atoms with Crippen molar-refractivity contribution in [2.45, 2.75) is 18.9 Å². The van der Waals surface area contributed by atoms with Crippen molar-refractivity contribution in [1.82, 2.24) is 14.8 Å². The van der Waals surface area contributed by atoms with Gasteiger partial charge in [0.2, 0.25) is 5.13 Å². The van der Waals surface area contributed by atoms with E-state index < -0.39 is 0 Å². The maximum Gasteiger partial charge on any atom is 0.210 e. The highest BCUT2D eigenvalue weighted by atomic mass is 32.1. The monoisotopic (exact) mass is 207 g/mol. The second-order valence-corrected chi connectivity index (χ2v) is 4.20. The fourth-order valence-corrected chi connectivity index (χ4v) is 2.45. The molecule has 2 heterocycles. The van der Waals surface area contributed by atoms with Crippen molar-refractivity contribution in [2.24, 2.45) is 0 Å². The van der Waals surface area contributed by atoms with Crippen LogP contribution in [0.4, 0.5) is 0 Å². The first-order valence-electron chi connectivity index (χ1n) is 4.51. The summed E-state index contributed by atoms with van der Waals surface area (Å²) >= 11 is 1.56. The molecule has 0 saturated carbocycles. The number of fused-ring (bicyclic) bond motifs is 1. The van der Waals surface area contributed by atoms with Gasteiger partial charge in [0.25, 0.3) is 0 Å². The van der Waals surface area contributed by atoms with Crippen molar-refractivity contribution in [2.75, 3.05) is 0 Å². The Bertz CT molecular complexity index is 449. The highest BCUT2D eigenvalue weighted by Crippen LogP contribution is 2.32. The van der Waals surface area contributed by atoms with E-state index in [9.17, 15) is 5.11 Å². The Morgan fingerprint density at radius 2 is 2.50 bits per heavy atom. The van der Waals surface area contributed by atoms with E-state index in [4.69, 9.17) is 0 Å². The maximum atomic E-state index is 9.62. The summed E-state index contributed by atoms with van der Waals surface area (Å²) in [5.41, 5.74) is 2.06. The van der Waals surface area contributed by atoms with Gasteiger partial charge in [-0.1, -0.05) is 0 Å². The van der Waals surface area contributed by atoms with Gasteiger partial charge >= 0.3 is 0 Å². The summed E-state index contributed by atoms with van der Waals surface area (Å²) in [6, 6.07) is 0. The number of thiazole rings is 1.